The third-order valence-electron chi connectivity index (χ3n) is 6.26. The van der Waals surface area contributed by atoms with Crippen LogP contribution in [0.5, 0.6) is 0 Å². The maximum absolute atomic E-state index is 3.91. The summed E-state index contributed by atoms with van der Waals surface area (Å²) in [6.45, 7) is 13.6. The molecule has 1 heterocycles. The summed E-state index contributed by atoms with van der Waals surface area (Å²) >= 11 is 0. The van der Waals surface area contributed by atoms with Crippen molar-refractivity contribution in [2.45, 2.75) is 71.4 Å². The van der Waals surface area contributed by atoms with Crippen molar-refractivity contribution in [1.82, 2.24) is 10.2 Å². The Morgan fingerprint density at radius 1 is 1.20 bits per heavy atom. The summed E-state index contributed by atoms with van der Waals surface area (Å²) in [6, 6.07) is 0.748. The van der Waals surface area contributed by atoms with Gasteiger partial charge in [-0.25, -0.2) is 0 Å². The van der Waals surface area contributed by atoms with Crippen molar-refractivity contribution in [3.63, 3.8) is 0 Å². The molecular weight excluding hydrogens is 244 g/mol. The molecule has 0 aromatic rings. The molecule has 2 aliphatic carbocycles. The second-order valence-corrected chi connectivity index (χ2v) is 8.60. The first-order valence-corrected chi connectivity index (χ1v) is 8.97. The van der Waals surface area contributed by atoms with E-state index in [1.165, 1.54) is 51.7 Å². The highest BCUT2D eigenvalue weighted by Crippen LogP contribution is 2.42. The molecule has 0 aromatic heterocycles. The maximum Gasteiger partial charge on any atom is 0.0309 e. The fourth-order valence-corrected chi connectivity index (χ4v) is 4.74. The molecule has 4 atom stereocenters. The van der Waals surface area contributed by atoms with Crippen molar-refractivity contribution >= 4 is 0 Å². The Morgan fingerprint density at radius 2 is 1.95 bits per heavy atom. The monoisotopic (exact) mass is 278 g/mol. The summed E-state index contributed by atoms with van der Waals surface area (Å²) in [6.07, 6.45) is 7.29. The molecule has 0 bridgehead atoms. The number of piperazine rings is 1. The first-order chi connectivity index (χ1) is 9.48. The van der Waals surface area contributed by atoms with Crippen LogP contribution in [0.1, 0.15) is 59.8 Å². The van der Waals surface area contributed by atoms with Gasteiger partial charge in [0.25, 0.3) is 0 Å². The molecule has 3 rings (SSSR count). The zero-order valence-corrected chi connectivity index (χ0v) is 14.0. The van der Waals surface area contributed by atoms with Crippen LogP contribution >= 0.6 is 0 Å². The Labute approximate surface area is 125 Å². The number of hydrogen-bond donors (Lipinski definition) is 1. The molecule has 20 heavy (non-hydrogen) atoms. The van der Waals surface area contributed by atoms with E-state index < -0.39 is 0 Å². The summed E-state index contributed by atoms with van der Waals surface area (Å²) in [5, 5.41) is 3.91. The molecule has 1 saturated heterocycles. The van der Waals surface area contributed by atoms with Gasteiger partial charge in [0.2, 0.25) is 0 Å². The van der Waals surface area contributed by atoms with E-state index in [1.807, 2.05) is 0 Å². The van der Waals surface area contributed by atoms with E-state index in [0.29, 0.717) is 5.54 Å². The van der Waals surface area contributed by atoms with Gasteiger partial charge in [0, 0.05) is 31.2 Å². The Kier molecular flexibility index (Phi) is 4.16. The molecule has 116 valence electrons. The highest BCUT2D eigenvalue weighted by atomic mass is 15.3. The standard InChI is InChI=1S/C18H34N2/c1-13(2)17-10-19-18(4,16-7-8-16)12-20(17)11-15-6-5-14(3)9-15/h13-17,19H,5-12H2,1-4H3. The number of nitrogens with one attached hydrogen (secondary N) is 1. The summed E-state index contributed by atoms with van der Waals surface area (Å²) in [5.41, 5.74) is 0.398. The summed E-state index contributed by atoms with van der Waals surface area (Å²) < 4.78 is 0. The van der Waals surface area contributed by atoms with Gasteiger partial charge in [-0.3, -0.25) is 4.90 Å². The van der Waals surface area contributed by atoms with Crippen molar-refractivity contribution in [3.8, 4) is 0 Å². The minimum absolute atomic E-state index is 0.398. The van der Waals surface area contributed by atoms with Crippen LogP contribution in [-0.2, 0) is 0 Å². The van der Waals surface area contributed by atoms with E-state index in [2.05, 4.69) is 37.9 Å². The van der Waals surface area contributed by atoms with Gasteiger partial charge < -0.3 is 5.32 Å². The van der Waals surface area contributed by atoms with Crippen LogP contribution in [-0.4, -0.2) is 36.1 Å². The van der Waals surface area contributed by atoms with Gasteiger partial charge in [0.1, 0.15) is 0 Å². The molecule has 0 amide bonds. The minimum atomic E-state index is 0.398. The van der Waals surface area contributed by atoms with Crippen LogP contribution in [0.2, 0.25) is 0 Å². The highest BCUT2D eigenvalue weighted by molar-refractivity contribution is 5.04. The molecular formula is C18H34N2. The largest absolute Gasteiger partial charge is 0.308 e. The lowest BCUT2D eigenvalue weighted by Crippen LogP contribution is -2.65. The number of hydrogen-bond acceptors (Lipinski definition) is 2. The van der Waals surface area contributed by atoms with Crippen LogP contribution < -0.4 is 5.32 Å². The second-order valence-electron chi connectivity index (χ2n) is 8.60. The van der Waals surface area contributed by atoms with E-state index in [9.17, 15) is 0 Å². The van der Waals surface area contributed by atoms with Gasteiger partial charge in [-0.1, -0.05) is 27.2 Å². The zero-order chi connectivity index (χ0) is 14.3. The quantitative estimate of drug-likeness (QED) is 0.846. The third-order valence-corrected chi connectivity index (χ3v) is 6.26. The third kappa shape index (κ3) is 3.06. The van der Waals surface area contributed by atoms with Crippen LogP contribution in [0.15, 0.2) is 0 Å². The highest BCUT2D eigenvalue weighted by Gasteiger charge is 2.46. The van der Waals surface area contributed by atoms with E-state index in [1.54, 1.807) is 0 Å². The number of nitrogens with zero attached hydrogens (tertiary/aromatic N) is 1. The average molecular weight is 278 g/mol. The van der Waals surface area contributed by atoms with E-state index in [0.717, 1.165) is 29.7 Å². The molecule has 0 spiro atoms. The molecule has 2 nitrogen and oxygen atoms in total. The predicted octanol–water partition coefficient (Wildman–Crippen LogP) is 3.52. The molecule has 2 saturated carbocycles. The molecule has 0 aromatic carbocycles. The molecule has 1 aliphatic heterocycles. The van der Waals surface area contributed by atoms with Gasteiger partial charge in [-0.05, 0) is 56.3 Å². The SMILES string of the molecule is CC1CCC(CN2CC(C)(C3CC3)NCC2C(C)C)C1. The first kappa shape index (κ1) is 14.8. The molecule has 1 N–H and O–H groups in total. The summed E-state index contributed by atoms with van der Waals surface area (Å²) in [5.74, 6) is 3.65. The van der Waals surface area contributed by atoms with Crippen LogP contribution in [0.4, 0.5) is 0 Å². The molecule has 2 heteroatoms. The van der Waals surface area contributed by atoms with Gasteiger partial charge in [-0.15, -0.1) is 0 Å². The second kappa shape index (κ2) is 5.61. The first-order valence-electron chi connectivity index (χ1n) is 8.97. The minimum Gasteiger partial charge on any atom is -0.308 e. The fraction of sp³-hybridized carbons (Fsp3) is 1.00. The molecule has 0 radical (unpaired) electrons. The van der Waals surface area contributed by atoms with Crippen molar-refractivity contribution < 1.29 is 0 Å². The smallest absolute Gasteiger partial charge is 0.0309 e. The van der Waals surface area contributed by atoms with Gasteiger partial charge >= 0.3 is 0 Å². The topological polar surface area (TPSA) is 15.3 Å². The van der Waals surface area contributed by atoms with Crippen molar-refractivity contribution in [2.24, 2.45) is 23.7 Å². The lowest BCUT2D eigenvalue weighted by atomic mass is 9.87. The van der Waals surface area contributed by atoms with Crippen LogP contribution in [0.3, 0.4) is 0 Å². The maximum atomic E-state index is 3.91. The summed E-state index contributed by atoms with van der Waals surface area (Å²) in [4.78, 5) is 2.86. The van der Waals surface area contributed by atoms with E-state index in [-0.39, 0.29) is 0 Å². The van der Waals surface area contributed by atoms with Gasteiger partial charge in [0.05, 0.1) is 0 Å². The Morgan fingerprint density at radius 3 is 2.50 bits per heavy atom. The molecule has 4 unspecified atom stereocenters. The molecule has 3 aliphatic rings. The zero-order valence-electron chi connectivity index (χ0n) is 14.0. The van der Waals surface area contributed by atoms with Crippen molar-refractivity contribution in [3.05, 3.63) is 0 Å². The van der Waals surface area contributed by atoms with Crippen LogP contribution in [0, 0.1) is 23.7 Å². The fourth-order valence-electron chi connectivity index (χ4n) is 4.74. The van der Waals surface area contributed by atoms with Crippen LogP contribution in [0.25, 0.3) is 0 Å². The summed E-state index contributed by atoms with van der Waals surface area (Å²) in [7, 11) is 0. The lowest BCUT2D eigenvalue weighted by Gasteiger charge is -2.49. The average Bonchev–Trinajstić information content (AvgIpc) is 3.15. The Hall–Kier alpha value is -0.0800. The predicted molar refractivity (Wildman–Crippen MR) is 85.8 cm³/mol. The molecule has 3 fully saturated rings. The van der Waals surface area contributed by atoms with Crippen molar-refractivity contribution in [1.29, 1.82) is 0 Å². The lowest BCUT2D eigenvalue weighted by molar-refractivity contribution is 0.0403. The van der Waals surface area contributed by atoms with Gasteiger partial charge in [-0.2, -0.15) is 0 Å². The van der Waals surface area contributed by atoms with Gasteiger partial charge in [0.15, 0.2) is 0 Å². The number of rotatable bonds is 4. The Balaban J connectivity index is 1.65. The van der Waals surface area contributed by atoms with E-state index in [4.69, 9.17) is 0 Å². The normalized spacial score (nSPS) is 43.4. The Bertz CT molecular complexity index is 336. The van der Waals surface area contributed by atoms with E-state index >= 15 is 0 Å². The van der Waals surface area contributed by atoms with Crippen molar-refractivity contribution in [2.75, 3.05) is 19.6 Å².